The number of pyridine rings is 1. The highest BCUT2D eigenvalue weighted by atomic mass is 16.6. The fourth-order valence-corrected chi connectivity index (χ4v) is 1.45. The normalized spacial score (nSPS) is 14.4. The molecule has 6 heteroatoms. The first-order valence-corrected chi connectivity index (χ1v) is 5.35. The summed E-state index contributed by atoms with van der Waals surface area (Å²) < 4.78 is 5.16. The lowest BCUT2D eigenvalue weighted by Gasteiger charge is -2.05. The minimum Gasteiger partial charge on any atom is -0.478 e. The standard InChI is InChI=1S/C11H12N2O4/c1-7-2-5-10(11(12-7)13(15)16)17-6-9(14)8-3-4-8/h2,5,8H,3-4,6H2,1H3. The summed E-state index contributed by atoms with van der Waals surface area (Å²) in [6.45, 7) is 1.54. The van der Waals surface area contributed by atoms with Gasteiger partial charge in [-0.15, -0.1) is 0 Å². The molecule has 1 aliphatic carbocycles. The van der Waals surface area contributed by atoms with Gasteiger partial charge in [0.2, 0.25) is 5.75 Å². The fraction of sp³-hybridized carbons (Fsp3) is 0.455. The van der Waals surface area contributed by atoms with Crippen LogP contribution in [0.3, 0.4) is 0 Å². The van der Waals surface area contributed by atoms with Crippen LogP contribution in [-0.2, 0) is 4.79 Å². The molecule has 0 atom stereocenters. The average Bonchev–Trinajstić information content (AvgIpc) is 3.10. The Morgan fingerprint density at radius 2 is 2.29 bits per heavy atom. The van der Waals surface area contributed by atoms with Gasteiger partial charge in [-0.05, 0) is 34.9 Å². The number of rotatable bonds is 5. The van der Waals surface area contributed by atoms with Gasteiger partial charge in [-0.3, -0.25) is 4.79 Å². The molecule has 0 bridgehead atoms. The molecule has 90 valence electrons. The number of nitro groups is 1. The molecule has 0 aromatic carbocycles. The van der Waals surface area contributed by atoms with Crippen molar-refractivity contribution in [3.05, 3.63) is 27.9 Å². The maximum absolute atomic E-state index is 11.4. The Hall–Kier alpha value is -1.98. The van der Waals surface area contributed by atoms with Crippen LogP contribution < -0.4 is 4.74 Å². The van der Waals surface area contributed by atoms with Gasteiger partial charge in [0, 0.05) is 12.8 Å². The minimum atomic E-state index is -0.607. The zero-order valence-electron chi connectivity index (χ0n) is 9.38. The molecule has 6 nitrogen and oxygen atoms in total. The summed E-state index contributed by atoms with van der Waals surface area (Å²) in [7, 11) is 0. The molecule has 1 fully saturated rings. The number of ether oxygens (including phenoxy) is 1. The van der Waals surface area contributed by atoms with Crippen LogP contribution >= 0.6 is 0 Å². The molecule has 1 saturated carbocycles. The van der Waals surface area contributed by atoms with Crippen LogP contribution in [0, 0.1) is 23.0 Å². The van der Waals surface area contributed by atoms with Crippen molar-refractivity contribution in [2.75, 3.05) is 6.61 Å². The van der Waals surface area contributed by atoms with Gasteiger partial charge in [-0.25, -0.2) is 0 Å². The van der Waals surface area contributed by atoms with Crippen molar-refractivity contribution < 1.29 is 14.5 Å². The summed E-state index contributed by atoms with van der Waals surface area (Å²) in [6, 6.07) is 3.09. The number of hydrogen-bond acceptors (Lipinski definition) is 5. The Morgan fingerprint density at radius 3 is 2.88 bits per heavy atom. The predicted octanol–water partition coefficient (Wildman–Crippen LogP) is 1.66. The number of aryl methyl sites for hydroxylation is 1. The highest BCUT2D eigenvalue weighted by Crippen LogP contribution is 2.30. The van der Waals surface area contributed by atoms with Crippen molar-refractivity contribution >= 4 is 11.6 Å². The van der Waals surface area contributed by atoms with Crippen molar-refractivity contribution in [1.82, 2.24) is 4.98 Å². The third kappa shape index (κ3) is 2.77. The number of hydrogen-bond donors (Lipinski definition) is 0. The van der Waals surface area contributed by atoms with Crippen LogP contribution in [0.25, 0.3) is 0 Å². The highest BCUT2D eigenvalue weighted by molar-refractivity contribution is 5.84. The SMILES string of the molecule is Cc1ccc(OCC(=O)C2CC2)c([N+](=O)[O-])n1. The summed E-state index contributed by atoms with van der Waals surface area (Å²) in [5, 5.41) is 10.7. The molecule has 0 amide bonds. The molecule has 0 unspecified atom stereocenters. The summed E-state index contributed by atoms with van der Waals surface area (Å²) >= 11 is 0. The van der Waals surface area contributed by atoms with E-state index < -0.39 is 4.92 Å². The van der Waals surface area contributed by atoms with Crippen LogP contribution in [0.2, 0.25) is 0 Å². The van der Waals surface area contributed by atoms with Gasteiger partial charge in [-0.1, -0.05) is 0 Å². The van der Waals surface area contributed by atoms with Gasteiger partial charge in [0.15, 0.2) is 5.78 Å². The first kappa shape index (κ1) is 11.5. The lowest BCUT2D eigenvalue weighted by atomic mass is 10.3. The van der Waals surface area contributed by atoms with Crippen LogP contribution in [0.1, 0.15) is 18.5 Å². The summed E-state index contributed by atoms with van der Waals surface area (Å²) in [4.78, 5) is 25.3. The molecule has 2 rings (SSSR count). The van der Waals surface area contributed by atoms with Crippen molar-refractivity contribution in [1.29, 1.82) is 0 Å². The minimum absolute atomic E-state index is 0.000118. The molecule has 0 N–H and O–H groups in total. The molecule has 0 radical (unpaired) electrons. The Bertz CT molecular complexity index is 469. The molecular weight excluding hydrogens is 224 g/mol. The van der Waals surface area contributed by atoms with E-state index in [2.05, 4.69) is 4.98 Å². The number of aromatic nitrogens is 1. The van der Waals surface area contributed by atoms with Gasteiger partial charge in [0.25, 0.3) is 0 Å². The van der Waals surface area contributed by atoms with Crippen LogP contribution in [0.4, 0.5) is 5.82 Å². The lowest BCUT2D eigenvalue weighted by Crippen LogP contribution is -2.13. The summed E-state index contributed by atoms with van der Waals surface area (Å²) in [5.74, 6) is -0.199. The summed E-state index contributed by atoms with van der Waals surface area (Å²) in [6.07, 6.45) is 1.80. The Kier molecular flexibility index (Phi) is 3.03. The van der Waals surface area contributed by atoms with E-state index in [1.807, 2.05) is 0 Å². The van der Waals surface area contributed by atoms with E-state index in [0.29, 0.717) is 5.69 Å². The fourth-order valence-electron chi connectivity index (χ4n) is 1.45. The zero-order valence-corrected chi connectivity index (χ0v) is 9.38. The molecule has 17 heavy (non-hydrogen) atoms. The topological polar surface area (TPSA) is 82.3 Å². The van der Waals surface area contributed by atoms with Gasteiger partial charge in [-0.2, -0.15) is 0 Å². The van der Waals surface area contributed by atoms with E-state index in [1.165, 1.54) is 6.07 Å². The van der Waals surface area contributed by atoms with E-state index in [4.69, 9.17) is 4.74 Å². The average molecular weight is 236 g/mol. The monoisotopic (exact) mass is 236 g/mol. The third-order valence-electron chi connectivity index (χ3n) is 2.55. The van der Waals surface area contributed by atoms with Gasteiger partial charge < -0.3 is 14.9 Å². The van der Waals surface area contributed by atoms with E-state index in [0.717, 1.165) is 12.8 Å². The molecule has 1 aliphatic rings. The Morgan fingerprint density at radius 1 is 1.59 bits per heavy atom. The second-order valence-corrected chi connectivity index (χ2v) is 4.06. The number of carbonyl (C=O) groups excluding carboxylic acids is 1. The number of ketones is 1. The van der Waals surface area contributed by atoms with Crippen LogP contribution in [0.15, 0.2) is 12.1 Å². The molecular formula is C11H12N2O4. The summed E-state index contributed by atoms with van der Waals surface area (Å²) in [5.41, 5.74) is 0.539. The smallest absolute Gasteiger partial charge is 0.406 e. The van der Waals surface area contributed by atoms with E-state index in [-0.39, 0.29) is 29.9 Å². The van der Waals surface area contributed by atoms with Crippen molar-refractivity contribution in [2.24, 2.45) is 5.92 Å². The third-order valence-corrected chi connectivity index (χ3v) is 2.55. The quantitative estimate of drug-likeness (QED) is 0.573. The molecule has 0 spiro atoms. The largest absolute Gasteiger partial charge is 0.478 e. The van der Waals surface area contributed by atoms with Crippen molar-refractivity contribution in [3.8, 4) is 5.75 Å². The Labute approximate surface area is 97.8 Å². The second-order valence-electron chi connectivity index (χ2n) is 4.06. The van der Waals surface area contributed by atoms with Gasteiger partial charge in [0.05, 0.1) is 0 Å². The van der Waals surface area contributed by atoms with Gasteiger partial charge in [0.1, 0.15) is 12.3 Å². The molecule has 1 aromatic rings. The van der Waals surface area contributed by atoms with E-state index in [1.54, 1.807) is 13.0 Å². The first-order valence-electron chi connectivity index (χ1n) is 5.35. The Balaban J connectivity index is 2.08. The maximum atomic E-state index is 11.4. The molecule has 1 heterocycles. The highest BCUT2D eigenvalue weighted by Gasteiger charge is 2.30. The maximum Gasteiger partial charge on any atom is 0.406 e. The first-order chi connectivity index (χ1) is 8.08. The van der Waals surface area contributed by atoms with Crippen molar-refractivity contribution in [2.45, 2.75) is 19.8 Å². The van der Waals surface area contributed by atoms with Crippen molar-refractivity contribution in [3.63, 3.8) is 0 Å². The van der Waals surface area contributed by atoms with E-state index in [9.17, 15) is 14.9 Å². The molecule has 1 aromatic heterocycles. The van der Waals surface area contributed by atoms with Crippen LogP contribution in [0.5, 0.6) is 5.75 Å². The second kappa shape index (κ2) is 4.48. The van der Waals surface area contributed by atoms with E-state index >= 15 is 0 Å². The van der Waals surface area contributed by atoms with Crippen LogP contribution in [-0.4, -0.2) is 22.3 Å². The predicted molar refractivity (Wildman–Crippen MR) is 58.9 cm³/mol. The number of nitrogens with zero attached hydrogens (tertiary/aromatic N) is 2. The lowest BCUT2D eigenvalue weighted by molar-refractivity contribution is -0.390. The number of Topliss-reactive ketones (excluding diaryl/α,β-unsaturated/α-hetero) is 1. The van der Waals surface area contributed by atoms with Gasteiger partial charge >= 0.3 is 5.82 Å². The number of carbonyl (C=O) groups is 1. The molecule has 0 aliphatic heterocycles. The zero-order chi connectivity index (χ0) is 12.4. The molecule has 0 saturated heterocycles.